The first-order valence-electron chi connectivity index (χ1n) is 19.0. The van der Waals surface area contributed by atoms with Crippen molar-refractivity contribution in [2.75, 3.05) is 6.54 Å². The second-order valence-corrected chi connectivity index (χ2v) is 16.2. The van der Waals surface area contributed by atoms with Crippen molar-refractivity contribution in [2.45, 2.75) is 102 Å². The van der Waals surface area contributed by atoms with Crippen LogP contribution in [0.1, 0.15) is 111 Å². The third kappa shape index (κ3) is 3.90. The lowest BCUT2D eigenvalue weighted by Crippen LogP contribution is -2.75. The van der Waals surface area contributed by atoms with Crippen LogP contribution in [-0.4, -0.2) is 18.5 Å². The second kappa shape index (κ2) is 11.3. The van der Waals surface area contributed by atoms with Crippen LogP contribution in [0.4, 0.5) is 0 Å². The Morgan fingerprint density at radius 2 is 1.88 bits per heavy atom. The largest absolute Gasteiger partial charge is 0.449 e. The minimum absolute atomic E-state index is 0.0483. The molecular formula is C43H49NO4. The molecule has 4 fully saturated rings. The summed E-state index contributed by atoms with van der Waals surface area (Å²) < 4.78 is 13.5. The van der Waals surface area contributed by atoms with E-state index in [2.05, 4.69) is 72.6 Å². The minimum Gasteiger partial charge on any atom is -0.449 e. The van der Waals surface area contributed by atoms with Gasteiger partial charge in [0.25, 0.3) is 0 Å². The number of ether oxygens (including phenoxy) is 2. The highest BCUT2D eigenvalue weighted by Gasteiger charge is 2.91. The number of benzene rings is 1. The Bertz CT molecular complexity index is 1720. The van der Waals surface area contributed by atoms with E-state index in [0.29, 0.717) is 36.3 Å². The van der Waals surface area contributed by atoms with Crippen LogP contribution in [0.2, 0.25) is 0 Å². The van der Waals surface area contributed by atoms with Crippen molar-refractivity contribution >= 4 is 11.9 Å². The van der Waals surface area contributed by atoms with Gasteiger partial charge in [-0.05, 0) is 92.7 Å². The van der Waals surface area contributed by atoms with Gasteiger partial charge < -0.3 is 15.2 Å². The van der Waals surface area contributed by atoms with E-state index in [-0.39, 0.29) is 29.2 Å². The number of hydrogen-bond donors (Lipinski definition) is 1. The molecule has 6 aliphatic carbocycles. The third-order valence-electron chi connectivity index (χ3n) is 14.4. The summed E-state index contributed by atoms with van der Waals surface area (Å²) in [5, 5.41) is 0. The maximum Gasteiger partial charge on any atom is 0.339 e. The molecule has 0 aromatic heterocycles. The summed E-state index contributed by atoms with van der Waals surface area (Å²) in [5.41, 5.74) is 6.03. The fraction of sp³-hybridized carbons (Fsp3) is 0.581. The number of rotatable bonds is 7. The Labute approximate surface area is 285 Å². The van der Waals surface area contributed by atoms with Gasteiger partial charge in [-0.3, -0.25) is 4.79 Å². The topological polar surface area (TPSA) is 78.6 Å². The van der Waals surface area contributed by atoms with E-state index in [0.717, 1.165) is 61.8 Å². The number of fused-ring (bicyclic) bond motifs is 4. The standard InChI is InChI=1S/C43H49NO4/c44-27-9-14-31-13-7-18-34-37(31)38(45)48-43(34)35(21-19-29-10-2-1-3-11-29)41-26-23-30-12-6-16-33(40-24-5-4-15-32(40)17-8-25-40)20-22-36(47-39(41)46)42(41,43)28-30/h4-5,7,13,15,18,22-24,26,29-30,32-33,35H,1-3,8-11,14,16-17,19-21,25,27-28,44H2/b36-22+/t30-,32-,33-,35-,40-,41-,42+,43+/m0/s1. The van der Waals surface area contributed by atoms with Crippen molar-refractivity contribution in [3.05, 3.63) is 83.2 Å². The smallest absolute Gasteiger partial charge is 0.339 e. The average Bonchev–Trinajstić information content (AvgIpc) is 3.76. The molecule has 9 rings (SSSR count). The van der Waals surface area contributed by atoms with Crippen molar-refractivity contribution in [2.24, 2.45) is 51.6 Å². The first-order valence-corrected chi connectivity index (χ1v) is 19.0. The number of allylic oxidation sites excluding steroid dienone is 6. The van der Waals surface area contributed by atoms with Crippen molar-refractivity contribution < 1.29 is 19.1 Å². The van der Waals surface area contributed by atoms with Crippen LogP contribution >= 0.6 is 0 Å². The van der Waals surface area contributed by atoms with E-state index in [1.54, 1.807) is 0 Å². The van der Waals surface area contributed by atoms with Gasteiger partial charge in [0.05, 0.1) is 11.0 Å². The summed E-state index contributed by atoms with van der Waals surface area (Å²) in [5.74, 6) is 8.92. The molecule has 3 saturated carbocycles. The van der Waals surface area contributed by atoms with Gasteiger partial charge in [0.1, 0.15) is 11.2 Å². The molecule has 2 N–H and O–H groups in total. The second-order valence-electron chi connectivity index (χ2n) is 16.2. The van der Waals surface area contributed by atoms with Gasteiger partial charge in [0, 0.05) is 23.8 Å². The number of carbonyl (C=O) groups excluding carboxylic acids is 2. The monoisotopic (exact) mass is 643 g/mol. The van der Waals surface area contributed by atoms with Gasteiger partial charge >= 0.3 is 11.9 Å². The van der Waals surface area contributed by atoms with Gasteiger partial charge in [-0.2, -0.15) is 0 Å². The molecule has 2 bridgehead atoms. The number of carbonyl (C=O) groups is 2. The SMILES string of the molecule is NCCCc1cccc2c1C(=O)O[C@@]21[C@@H](CCC2CCCCC2)[C@@]23C=C[C@@H]4C#CC[C@H]([C@]56C=CC=C[C@H]5CCC6)C/C=C(/OC2=O)[C@@]13C4. The number of esters is 2. The molecule has 0 amide bonds. The molecule has 250 valence electrons. The Hall–Kier alpha value is -3.36. The lowest BCUT2D eigenvalue weighted by molar-refractivity contribution is -0.273. The van der Waals surface area contributed by atoms with Crippen LogP contribution in [0.25, 0.3) is 0 Å². The average molecular weight is 644 g/mol. The van der Waals surface area contributed by atoms with Crippen molar-refractivity contribution in [1.82, 2.24) is 0 Å². The van der Waals surface area contributed by atoms with Gasteiger partial charge in [-0.1, -0.05) is 99.1 Å². The summed E-state index contributed by atoms with van der Waals surface area (Å²) in [6.45, 7) is 0.565. The highest BCUT2D eigenvalue weighted by molar-refractivity contribution is 5.99. The molecule has 2 heterocycles. The van der Waals surface area contributed by atoms with Crippen LogP contribution < -0.4 is 5.73 Å². The maximum atomic E-state index is 14.6. The maximum absolute atomic E-state index is 14.6. The quantitative estimate of drug-likeness (QED) is 0.184. The molecule has 48 heavy (non-hydrogen) atoms. The van der Waals surface area contributed by atoms with Gasteiger partial charge in [0.2, 0.25) is 0 Å². The molecule has 2 spiro atoms. The summed E-state index contributed by atoms with van der Waals surface area (Å²) in [4.78, 5) is 28.9. The zero-order valence-corrected chi connectivity index (χ0v) is 28.2. The fourth-order valence-corrected chi connectivity index (χ4v) is 12.3. The van der Waals surface area contributed by atoms with Gasteiger partial charge in [0.15, 0.2) is 5.60 Å². The highest BCUT2D eigenvalue weighted by atomic mass is 16.6. The number of aryl methyl sites for hydroxylation is 1. The lowest BCUT2D eigenvalue weighted by Gasteiger charge is -2.69. The summed E-state index contributed by atoms with van der Waals surface area (Å²) in [7, 11) is 0. The van der Waals surface area contributed by atoms with Gasteiger partial charge in [-0.15, -0.1) is 5.92 Å². The molecule has 1 aromatic carbocycles. The van der Waals surface area contributed by atoms with Crippen molar-refractivity contribution in [3.8, 4) is 11.8 Å². The summed E-state index contributed by atoms with van der Waals surface area (Å²) in [6.07, 6.45) is 31.5. The lowest BCUT2D eigenvalue weighted by atomic mass is 9.31. The minimum atomic E-state index is -0.966. The van der Waals surface area contributed by atoms with Crippen LogP contribution in [0.15, 0.2) is 66.5 Å². The first kappa shape index (κ1) is 30.7. The zero-order valence-electron chi connectivity index (χ0n) is 28.2. The molecule has 2 aliphatic heterocycles. The Balaban J connectivity index is 1.21. The molecule has 8 atom stereocenters. The van der Waals surface area contributed by atoms with E-state index in [1.807, 2.05) is 0 Å². The number of hydrogen-bond acceptors (Lipinski definition) is 5. The predicted octanol–water partition coefficient (Wildman–Crippen LogP) is 8.25. The molecule has 1 saturated heterocycles. The highest BCUT2D eigenvalue weighted by Crippen LogP contribution is 2.84. The van der Waals surface area contributed by atoms with Crippen molar-refractivity contribution in [3.63, 3.8) is 0 Å². The van der Waals surface area contributed by atoms with Crippen LogP contribution in [0.3, 0.4) is 0 Å². The Kier molecular flexibility index (Phi) is 7.25. The van der Waals surface area contributed by atoms with E-state index < -0.39 is 16.4 Å². The fourth-order valence-electron chi connectivity index (χ4n) is 12.3. The van der Waals surface area contributed by atoms with Crippen LogP contribution in [0.5, 0.6) is 0 Å². The molecular weight excluding hydrogens is 594 g/mol. The van der Waals surface area contributed by atoms with Crippen LogP contribution in [-0.2, 0) is 26.3 Å². The predicted molar refractivity (Wildman–Crippen MR) is 185 cm³/mol. The van der Waals surface area contributed by atoms with Crippen molar-refractivity contribution in [1.29, 1.82) is 0 Å². The van der Waals surface area contributed by atoms with E-state index in [4.69, 9.17) is 15.2 Å². The molecule has 5 heteroatoms. The van der Waals surface area contributed by atoms with E-state index in [1.165, 1.54) is 44.9 Å². The zero-order chi connectivity index (χ0) is 32.6. The molecule has 0 radical (unpaired) electrons. The number of nitrogens with two attached hydrogens (primary N) is 1. The molecule has 0 unspecified atom stereocenters. The van der Waals surface area contributed by atoms with E-state index in [9.17, 15) is 9.59 Å². The summed E-state index contributed by atoms with van der Waals surface area (Å²) in [6, 6.07) is 6.26. The molecule has 1 aromatic rings. The Morgan fingerprint density at radius 3 is 2.75 bits per heavy atom. The van der Waals surface area contributed by atoms with E-state index >= 15 is 0 Å². The Morgan fingerprint density at radius 1 is 0.979 bits per heavy atom. The first-order chi connectivity index (χ1) is 23.5. The molecule has 8 aliphatic rings. The molecule has 5 nitrogen and oxygen atoms in total. The normalized spacial score (nSPS) is 41.3. The van der Waals surface area contributed by atoms with Gasteiger partial charge in [-0.25, -0.2) is 4.79 Å². The third-order valence-corrected chi connectivity index (χ3v) is 14.4. The summed E-state index contributed by atoms with van der Waals surface area (Å²) >= 11 is 0. The van der Waals surface area contributed by atoms with Crippen LogP contribution in [0, 0.1) is 57.7 Å².